The minimum Gasteiger partial charge on any atom is -0.0689 e. The van der Waals surface area contributed by atoms with E-state index in [1.807, 2.05) is 10.6 Å². The van der Waals surface area contributed by atoms with E-state index in [9.17, 15) is 0 Å². The third-order valence-electron chi connectivity index (χ3n) is 9.30. The van der Waals surface area contributed by atoms with Crippen LogP contribution in [0.25, 0.3) is 0 Å². The first-order valence-corrected chi connectivity index (χ1v) is 17.5. The second-order valence-electron chi connectivity index (χ2n) is 11.5. The molecule has 2 heteroatoms. The summed E-state index contributed by atoms with van der Waals surface area (Å²) < 4.78 is 0. The van der Waals surface area contributed by atoms with Crippen molar-refractivity contribution in [3.63, 3.8) is 0 Å². The zero-order valence-corrected chi connectivity index (χ0v) is 22.4. The Kier molecular flexibility index (Phi) is 9.05. The maximum Gasteiger partial charge on any atom is -0.0166 e. The third kappa shape index (κ3) is 5.83. The Morgan fingerprint density at radius 3 is 0.969 bits per heavy atom. The fourth-order valence-corrected chi connectivity index (χ4v) is 15.5. The summed E-state index contributed by atoms with van der Waals surface area (Å²) in [5, 5.41) is 3.69. The average molecular weight is 471 g/mol. The summed E-state index contributed by atoms with van der Waals surface area (Å²) >= 11 is 0. The van der Waals surface area contributed by atoms with E-state index < -0.39 is 0 Å². The van der Waals surface area contributed by atoms with E-state index in [4.69, 9.17) is 0 Å². The highest BCUT2D eigenvalue weighted by Crippen LogP contribution is 2.57. The summed E-state index contributed by atoms with van der Waals surface area (Å²) in [6.07, 6.45) is 30.3. The van der Waals surface area contributed by atoms with E-state index >= 15 is 0 Å². The molecule has 4 aliphatic rings. The van der Waals surface area contributed by atoms with E-state index in [1.165, 1.54) is 128 Å². The quantitative estimate of drug-likeness (QED) is 0.363. The molecule has 1 aromatic carbocycles. The first-order valence-electron chi connectivity index (χ1n) is 14.6. The Labute approximate surface area is 201 Å². The summed E-state index contributed by atoms with van der Waals surface area (Å²) in [6.45, 7) is 0. The fourth-order valence-electron chi connectivity index (χ4n) is 7.69. The highest BCUT2D eigenvalue weighted by atomic mass is 31.1. The Balaban J connectivity index is 1.45. The van der Waals surface area contributed by atoms with Crippen LogP contribution in [-0.4, -0.2) is 22.6 Å². The lowest BCUT2D eigenvalue weighted by molar-refractivity contribution is 0.486. The molecule has 0 aromatic heterocycles. The van der Waals surface area contributed by atoms with Crippen molar-refractivity contribution >= 4 is 26.5 Å². The Bertz CT molecular complexity index is 585. The van der Waals surface area contributed by atoms with Crippen molar-refractivity contribution in [3.05, 3.63) is 24.3 Å². The number of rotatable bonds is 6. The minimum absolute atomic E-state index is 0.0424. The lowest BCUT2D eigenvalue weighted by Gasteiger charge is -2.41. The van der Waals surface area contributed by atoms with E-state index in [0.29, 0.717) is 0 Å². The van der Waals surface area contributed by atoms with Gasteiger partial charge in [-0.15, -0.1) is 0 Å². The maximum absolute atomic E-state index is 2.85. The molecule has 0 bridgehead atoms. The molecule has 0 amide bonds. The van der Waals surface area contributed by atoms with Crippen LogP contribution in [0.3, 0.4) is 0 Å². The van der Waals surface area contributed by atoms with Crippen molar-refractivity contribution in [1.82, 2.24) is 0 Å². The van der Waals surface area contributed by atoms with Crippen LogP contribution in [0.15, 0.2) is 24.3 Å². The van der Waals surface area contributed by atoms with Crippen LogP contribution in [-0.2, 0) is 0 Å². The van der Waals surface area contributed by atoms with Crippen LogP contribution in [0, 0.1) is 0 Å². The van der Waals surface area contributed by atoms with Gasteiger partial charge in [0.2, 0.25) is 0 Å². The van der Waals surface area contributed by atoms with Gasteiger partial charge in [-0.1, -0.05) is 111 Å². The molecule has 1 aromatic rings. The standard InChI is InChI=1S/C30H48P2/c1-5-14-25(15-6-1)31(26-16-7-2-8-17-26)29-22-13-23-30(24-29)32(27-18-9-3-10-19-27)28-20-11-4-12-21-28/h13,22-28H,1-12,14-21H2. The van der Waals surface area contributed by atoms with E-state index in [0.717, 1.165) is 22.6 Å². The number of hydrogen-bond acceptors (Lipinski definition) is 0. The summed E-state index contributed by atoms with van der Waals surface area (Å²) in [4.78, 5) is 0. The molecule has 0 heterocycles. The van der Waals surface area contributed by atoms with Crippen molar-refractivity contribution in [2.45, 2.75) is 151 Å². The molecule has 0 N–H and O–H groups in total. The van der Waals surface area contributed by atoms with Gasteiger partial charge in [0.15, 0.2) is 0 Å². The lowest BCUT2D eigenvalue weighted by Crippen LogP contribution is -2.30. The largest absolute Gasteiger partial charge is 0.0689 e. The zero-order chi connectivity index (χ0) is 21.6. The van der Waals surface area contributed by atoms with Crippen LogP contribution < -0.4 is 10.6 Å². The molecule has 0 radical (unpaired) electrons. The Hall–Kier alpha value is 0.0800. The molecule has 5 rings (SSSR count). The predicted molar refractivity (Wildman–Crippen MR) is 147 cm³/mol. The SMILES string of the molecule is c1cc(P(C2CCCCC2)C2CCCCC2)cc(P(C2CCCCC2)C2CCCCC2)c1. The van der Waals surface area contributed by atoms with Crippen LogP contribution >= 0.6 is 15.8 Å². The summed E-state index contributed by atoms with van der Waals surface area (Å²) in [5.74, 6) is 0. The van der Waals surface area contributed by atoms with Crippen molar-refractivity contribution in [2.75, 3.05) is 0 Å². The Morgan fingerprint density at radius 1 is 0.406 bits per heavy atom. The molecular weight excluding hydrogens is 422 g/mol. The normalized spacial score (nSPS) is 25.6. The second kappa shape index (κ2) is 12.2. The molecule has 0 aliphatic heterocycles. The lowest BCUT2D eigenvalue weighted by atomic mass is 9.99. The summed E-state index contributed by atoms with van der Waals surface area (Å²) in [7, 11) is 0.0848. The molecule has 178 valence electrons. The molecule has 0 nitrogen and oxygen atoms in total. The maximum atomic E-state index is 2.85. The topological polar surface area (TPSA) is 0 Å². The number of hydrogen-bond donors (Lipinski definition) is 0. The van der Waals surface area contributed by atoms with Gasteiger partial charge in [0.1, 0.15) is 0 Å². The third-order valence-corrected chi connectivity index (χ3v) is 16.3. The first kappa shape index (κ1) is 23.8. The fraction of sp³-hybridized carbons (Fsp3) is 0.800. The van der Waals surface area contributed by atoms with Gasteiger partial charge in [-0.25, -0.2) is 0 Å². The zero-order valence-electron chi connectivity index (χ0n) is 20.7. The van der Waals surface area contributed by atoms with Gasteiger partial charge in [0.05, 0.1) is 0 Å². The van der Waals surface area contributed by atoms with E-state index in [2.05, 4.69) is 24.3 Å². The van der Waals surface area contributed by atoms with Gasteiger partial charge < -0.3 is 0 Å². The van der Waals surface area contributed by atoms with Crippen LogP contribution in [0.2, 0.25) is 0 Å². The van der Waals surface area contributed by atoms with Crippen LogP contribution in [0.4, 0.5) is 0 Å². The van der Waals surface area contributed by atoms with Crippen molar-refractivity contribution in [2.24, 2.45) is 0 Å². The molecule has 0 atom stereocenters. The van der Waals surface area contributed by atoms with Crippen molar-refractivity contribution < 1.29 is 0 Å². The second-order valence-corrected chi connectivity index (χ2v) is 17.1. The highest BCUT2D eigenvalue weighted by molar-refractivity contribution is 7.68. The minimum atomic E-state index is 0.0424. The van der Waals surface area contributed by atoms with Gasteiger partial charge in [0.25, 0.3) is 0 Å². The first-order chi connectivity index (χ1) is 15.9. The average Bonchev–Trinajstić information content (AvgIpc) is 2.87. The van der Waals surface area contributed by atoms with E-state index in [-0.39, 0.29) is 15.8 Å². The van der Waals surface area contributed by atoms with Crippen LogP contribution in [0.1, 0.15) is 128 Å². The molecule has 32 heavy (non-hydrogen) atoms. The van der Waals surface area contributed by atoms with Gasteiger partial charge in [0, 0.05) is 0 Å². The molecule has 4 saturated carbocycles. The van der Waals surface area contributed by atoms with Crippen molar-refractivity contribution in [3.8, 4) is 0 Å². The van der Waals surface area contributed by atoms with Crippen LogP contribution in [0.5, 0.6) is 0 Å². The Morgan fingerprint density at radius 2 is 0.688 bits per heavy atom. The van der Waals surface area contributed by atoms with Gasteiger partial charge >= 0.3 is 0 Å². The molecule has 0 saturated heterocycles. The molecule has 0 spiro atoms. The monoisotopic (exact) mass is 470 g/mol. The van der Waals surface area contributed by atoms with Crippen molar-refractivity contribution in [1.29, 1.82) is 0 Å². The summed E-state index contributed by atoms with van der Waals surface area (Å²) in [6, 6.07) is 10.6. The van der Waals surface area contributed by atoms with Gasteiger partial charge in [-0.3, -0.25) is 0 Å². The highest BCUT2D eigenvalue weighted by Gasteiger charge is 2.35. The molecular formula is C30H48P2. The smallest absolute Gasteiger partial charge is 0.0166 e. The predicted octanol–water partition coefficient (Wildman–Crippen LogP) is 9.23. The van der Waals surface area contributed by atoms with Gasteiger partial charge in [-0.2, -0.15) is 0 Å². The molecule has 0 unspecified atom stereocenters. The molecule has 4 aliphatic carbocycles. The number of benzene rings is 1. The summed E-state index contributed by atoms with van der Waals surface area (Å²) in [5.41, 5.74) is 4.14. The van der Waals surface area contributed by atoms with Gasteiger partial charge in [-0.05, 0) is 90.7 Å². The molecule has 4 fully saturated rings. The van der Waals surface area contributed by atoms with E-state index in [1.54, 1.807) is 0 Å².